The van der Waals surface area contributed by atoms with Crippen LogP contribution >= 0.6 is 11.3 Å². The highest BCUT2D eigenvalue weighted by Crippen LogP contribution is 2.46. The summed E-state index contributed by atoms with van der Waals surface area (Å²) in [6, 6.07) is 7.08. The maximum atomic E-state index is 9.59. The molecule has 0 N–H and O–H groups in total. The van der Waals surface area contributed by atoms with Crippen molar-refractivity contribution in [2.75, 3.05) is 0 Å². The summed E-state index contributed by atoms with van der Waals surface area (Å²) in [6.07, 6.45) is 6.58. The molecule has 1 fully saturated rings. The lowest BCUT2D eigenvalue weighted by Gasteiger charge is -2.39. The van der Waals surface area contributed by atoms with Crippen molar-refractivity contribution in [1.29, 1.82) is 5.26 Å². The van der Waals surface area contributed by atoms with Crippen LogP contribution in [-0.4, -0.2) is 0 Å². The Morgan fingerprint density at radius 2 is 1.78 bits per heavy atom. The molecule has 1 aromatic rings. The Hall–Kier alpha value is -0.810. The van der Waals surface area contributed by atoms with Crippen molar-refractivity contribution in [3.05, 3.63) is 21.9 Å². The number of aryl methyl sites for hydroxylation is 1. The van der Waals surface area contributed by atoms with Gasteiger partial charge in [0, 0.05) is 16.2 Å². The van der Waals surface area contributed by atoms with Crippen molar-refractivity contribution in [1.82, 2.24) is 0 Å². The van der Waals surface area contributed by atoms with Crippen molar-refractivity contribution in [3.8, 4) is 6.07 Å². The van der Waals surface area contributed by atoms with Gasteiger partial charge < -0.3 is 0 Å². The summed E-state index contributed by atoms with van der Waals surface area (Å²) in [7, 11) is 0. The zero-order valence-electron chi connectivity index (χ0n) is 11.8. The summed E-state index contributed by atoms with van der Waals surface area (Å²) in [5.41, 5.74) is 0.343. The van der Waals surface area contributed by atoms with Crippen molar-refractivity contribution in [3.63, 3.8) is 0 Å². The molecule has 1 aliphatic carbocycles. The molecule has 1 aromatic heterocycles. The lowest BCUT2D eigenvalue weighted by Crippen LogP contribution is -2.31. The molecule has 0 aromatic carbocycles. The molecule has 0 spiro atoms. The van der Waals surface area contributed by atoms with Crippen LogP contribution in [0.5, 0.6) is 0 Å². The van der Waals surface area contributed by atoms with E-state index in [0.717, 1.165) is 25.7 Å². The van der Waals surface area contributed by atoms with Gasteiger partial charge in [-0.25, -0.2) is 0 Å². The van der Waals surface area contributed by atoms with Crippen LogP contribution in [0.25, 0.3) is 0 Å². The molecule has 18 heavy (non-hydrogen) atoms. The van der Waals surface area contributed by atoms with E-state index in [0.29, 0.717) is 5.41 Å². The molecule has 0 saturated heterocycles. The normalized spacial score (nSPS) is 21.4. The van der Waals surface area contributed by atoms with Crippen LogP contribution in [-0.2, 0) is 12.8 Å². The molecule has 0 atom stereocenters. The maximum absolute atomic E-state index is 9.59. The first-order chi connectivity index (χ1) is 8.49. The van der Waals surface area contributed by atoms with Crippen LogP contribution in [0, 0.1) is 22.2 Å². The minimum absolute atomic E-state index is 0.0919. The van der Waals surface area contributed by atoms with Gasteiger partial charge in [0.05, 0.1) is 11.5 Å². The average Bonchev–Trinajstić information content (AvgIpc) is 2.80. The molecule has 0 amide bonds. The van der Waals surface area contributed by atoms with E-state index in [4.69, 9.17) is 0 Å². The Balaban J connectivity index is 2.08. The number of nitrogens with zero attached hydrogens (tertiary/aromatic N) is 1. The zero-order valence-corrected chi connectivity index (χ0v) is 12.6. The lowest BCUT2D eigenvalue weighted by atomic mass is 9.64. The number of hydrogen-bond donors (Lipinski definition) is 0. The van der Waals surface area contributed by atoms with Crippen LogP contribution < -0.4 is 0 Å². The van der Waals surface area contributed by atoms with Gasteiger partial charge >= 0.3 is 0 Å². The van der Waals surface area contributed by atoms with Gasteiger partial charge in [0.15, 0.2) is 0 Å². The Bertz CT molecular complexity index is 440. The van der Waals surface area contributed by atoms with Crippen LogP contribution in [0.4, 0.5) is 0 Å². The third-order valence-electron chi connectivity index (χ3n) is 4.38. The predicted molar refractivity (Wildman–Crippen MR) is 77.7 cm³/mol. The van der Waals surface area contributed by atoms with Gasteiger partial charge in [0.25, 0.3) is 0 Å². The highest BCUT2D eigenvalue weighted by Gasteiger charge is 2.38. The van der Waals surface area contributed by atoms with Crippen molar-refractivity contribution >= 4 is 11.3 Å². The molecule has 1 nitrogen and oxygen atoms in total. The molecule has 1 heterocycles. The standard InChI is InChI=1S/C16H23NS/c1-4-13-5-6-14(18-13)11-16(12-17)9-7-15(2,3)8-10-16/h5-6H,4,7-11H2,1-3H3. The van der Waals surface area contributed by atoms with Gasteiger partial charge in [-0.2, -0.15) is 5.26 Å². The smallest absolute Gasteiger partial charge is 0.0693 e. The van der Waals surface area contributed by atoms with Gasteiger partial charge in [-0.1, -0.05) is 20.8 Å². The van der Waals surface area contributed by atoms with Gasteiger partial charge in [-0.15, -0.1) is 11.3 Å². The third kappa shape index (κ3) is 2.95. The van der Waals surface area contributed by atoms with Gasteiger partial charge in [-0.3, -0.25) is 0 Å². The number of rotatable bonds is 3. The Morgan fingerprint density at radius 1 is 1.17 bits per heavy atom. The van der Waals surface area contributed by atoms with Crippen LogP contribution in [0.2, 0.25) is 0 Å². The summed E-state index contributed by atoms with van der Waals surface area (Å²) in [5, 5.41) is 9.59. The van der Waals surface area contributed by atoms with E-state index < -0.39 is 0 Å². The molecule has 0 bridgehead atoms. The molecule has 98 valence electrons. The molecule has 2 rings (SSSR count). The molecule has 2 heteroatoms. The van der Waals surface area contributed by atoms with E-state index in [9.17, 15) is 5.26 Å². The molecule has 1 aliphatic rings. The quantitative estimate of drug-likeness (QED) is 0.754. The fraction of sp³-hybridized carbons (Fsp3) is 0.688. The summed E-state index contributed by atoms with van der Waals surface area (Å²) in [6.45, 7) is 6.85. The van der Waals surface area contributed by atoms with Crippen molar-refractivity contribution in [2.24, 2.45) is 10.8 Å². The third-order valence-corrected chi connectivity index (χ3v) is 5.61. The molecular weight excluding hydrogens is 238 g/mol. The average molecular weight is 261 g/mol. The van der Waals surface area contributed by atoms with Gasteiger partial charge in [0.1, 0.15) is 0 Å². The van der Waals surface area contributed by atoms with Crippen LogP contribution in [0.15, 0.2) is 12.1 Å². The first kappa shape index (κ1) is 13.6. The Kier molecular flexibility index (Phi) is 3.82. The Labute approximate surface area is 115 Å². The van der Waals surface area contributed by atoms with Crippen LogP contribution in [0.3, 0.4) is 0 Å². The summed E-state index contributed by atoms with van der Waals surface area (Å²) < 4.78 is 0. The number of hydrogen-bond acceptors (Lipinski definition) is 2. The van der Waals surface area contributed by atoms with E-state index in [2.05, 4.69) is 39.0 Å². The predicted octanol–water partition coefficient (Wildman–Crippen LogP) is 4.96. The second-order valence-electron chi connectivity index (χ2n) is 6.45. The lowest BCUT2D eigenvalue weighted by molar-refractivity contribution is 0.146. The second-order valence-corrected chi connectivity index (χ2v) is 7.71. The van der Waals surface area contributed by atoms with Crippen LogP contribution in [0.1, 0.15) is 56.2 Å². The zero-order chi connectivity index (χ0) is 13.2. The summed E-state index contributed by atoms with van der Waals surface area (Å²) >= 11 is 1.89. The van der Waals surface area contributed by atoms with Gasteiger partial charge in [-0.05, 0) is 49.7 Å². The van der Waals surface area contributed by atoms with E-state index in [1.165, 1.54) is 22.6 Å². The number of thiophene rings is 1. The van der Waals surface area contributed by atoms with Crippen molar-refractivity contribution in [2.45, 2.75) is 59.3 Å². The Morgan fingerprint density at radius 3 is 2.28 bits per heavy atom. The monoisotopic (exact) mass is 261 g/mol. The highest BCUT2D eigenvalue weighted by molar-refractivity contribution is 7.11. The minimum Gasteiger partial charge on any atom is -0.198 e. The second kappa shape index (κ2) is 5.05. The molecule has 1 saturated carbocycles. The minimum atomic E-state index is -0.0919. The topological polar surface area (TPSA) is 23.8 Å². The van der Waals surface area contributed by atoms with E-state index >= 15 is 0 Å². The fourth-order valence-corrected chi connectivity index (χ4v) is 3.88. The SMILES string of the molecule is CCc1ccc(CC2(C#N)CCC(C)(C)CC2)s1. The summed E-state index contributed by atoms with van der Waals surface area (Å²) in [5.74, 6) is 0. The van der Waals surface area contributed by atoms with E-state index in [1.807, 2.05) is 11.3 Å². The maximum Gasteiger partial charge on any atom is 0.0693 e. The summed E-state index contributed by atoms with van der Waals surface area (Å²) in [4.78, 5) is 2.84. The largest absolute Gasteiger partial charge is 0.198 e. The molecular formula is C16H23NS. The van der Waals surface area contributed by atoms with Gasteiger partial charge in [0.2, 0.25) is 0 Å². The van der Waals surface area contributed by atoms with E-state index in [-0.39, 0.29) is 5.41 Å². The first-order valence-corrected chi connectivity index (χ1v) is 7.79. The van der Waals surface area contributed by atoms with E-state index in [1.54, 1.807) is 0 Å². The first-order valence-electron chi connectivity index (χ1n) is 6.97. The van der Waals surface area contributed by atoms with Crippen molar-refractivity contribution < 1.29 is 0 Å². The molecule has 0 unspecified atom stereocenters. The fourth-order valence-electron chi connectivity index (χ4n) is 2.77. The molecule has 0 aliphatic heterocycles. The highest BCUT2D eigenvalue weighted by atomic mass is 32.1. The molecule has 0 radical (unpaired) electrons. The number of nitriles is 1.